The number of ketones is 1. The highest BCUT2D eigenvalue weighted by atomic mass is 32.2. The molecule has 3 aromatic heterocycles. The Morgan fingerprint density at radius 1 is 1.16 bits per heavy atom. The molecule has 166 valence electrons. The van der Waals surface area contributed by atoms with Crippen LogP contribution < -0.4 is 11.2 Å². The van der Waals surface area contributed by atoms with Crippen LogP contribution in [0.4, 0.5) is 0 Å². The van der Waals surface area contributed by atoms with E-state index in [0.29, 0.717) is 28.6 Å². The number of hydrogen-bond acceptors (Lipinski definition) is 6. The topological polar surface area (TPSA) is 103 Å². The Kier molecular flexibility index (Phi) is 5.77. The summed E-state index contributed by atoms with van der Waals surface area (Å²) in [4.78, 5) is 51.1. The predicted octanol–water partition coefficient (Wildman–Crippen LogP) is 3.30. The van der Waals surface area contributed by atoms with E-state index in [-0.39, 0.29) is 17.1 Å². The van der Waals surface area contributed by atoms with Gasteiger partial charge in [0, 0.05) is 36.3 Å². The molecule has 1 unspecified atom stereocenters. The van der Waals surface area contributed by atoms with Gasteiger partial charge in [0.25, 0.3) is 5.56 Å². The standard InChI is InChI=1S/C23H25N5O3S/c1-12(2)11-28-20-18(22(30)27(5)23(28)31)21(26-14(4)25-20)32-13(3)19(29)16-10-24-17-9-7-6-8-15(16)17/h6-10,12-13,24H,11H2,1-5H3. The van der Waals surface area contributed by atoms with Gasteiger partial charge in [0.05, 0.1) is 5.25 Å². The van der Waals surface area contributed by atoms with E-state index in [4.69, 9.17) is 0 Å². The molecule has 32 heavy (non-hydrogen) atoms. The van der Waals surface area contributed by atoms with E-state index in [9.17, 15) is 14.4 Å². The maximum absolute atomic E-state index is 13.2. The van der Waals surface area contributed by atoms with Crippen molar-refractivity contribution >= 4 is 39.5 Å². The van der Waals surface area contributed by atoms with Gasteiger partial charge >= 0.3 is 5.69 Å². The van der Waals surface area contributed by atoms with Crippen LogP contribution in [0.3, 0.4) is 0 Å². The molecule has 8 nitrogen and oxygen atoms in total. The van der Waals surface area contributed by atoms with Crippen LogP contribution in [-0.4, -0.2) is 35.1 Å². The van der Waals surface area contributed by atoms with Crippen LogP contribution in [0, 0.1) is 12.8 Å². The van der Waals surface area contributed by atoms with Crippen molar-refractivity contribution in [3.05, 3.63) is 62.7 Å². The quantitative estimate of drug-likeness (QED) is 0.274. The normalized spacial score (nSPS) is 12.7. The first-order chi connectivity index (χ1) is 15.2. The lowest BCUT2D eigenvalue weighted by molar-refractivity contribution is 0.0995. The van der Waals surface area contributed by atoms with Gasteiger partial charge in [-0.15, -0.1) is 0 Å². The maximum atomic E-state index is 13.2. The van der Waals surface area contributed by atoms with E-state index >= 15 is 0 Å². The number of aromatic nitrogens is 5. The van der Waals surface area contributed by atoms with Crippen molar-refractivity contribution in [2.75, 3.05) is 0 Å². The second kappa shape index (κ2) is 8.38. The number of carbonyl (C=O) groups excluding carboxylic acids is 1. The SMILES string of the molecule is Cc1nc(SC(C)C(=O)c2c[nH]c3ccccc23)c2c(=O)n(C)c(=O)n(CC(C)C)c2n1. The fourth-order valence-electron chi connectivity index (χ4n) is 3.77. The first kappa shape index (κ1) is 22.0. The number of nitrogens with one attached hydrogen (secondary N) is 1. The largest absolute Gasteiger partial charge is 0.360 e. The summed E-state index contributed by atoms with van der Waals surface area (Å²) in [5.74, 6) is 0.559. The van der Waals surface area contributed by atoms with Crippen molar-refractivity contribution in [3.8, 4) is 0 Å². The van der Waals surface area contributed by atoms with E-state index in [1.807, 2.05) is 38.1 Å². The van der Waals surface area contributed by atoms with Crippen molar-refractivity contribution in [3.63, 3.8) is 0 Å². The van der Waals surface area contributed by atoms with Crippen LogP contribution in [0.25, 0.3) is 21.9 Å². The smallest absolute Gasteiger partial charge is 0.332 e. The minimum Gasteiger partial charge on any atom is -0.360 e. The molecular weight excluding hydrogens is 426 g/mol. The zero-order valence-corrected chi connectivity index (χ0v) is 19.5. The van der Waals surface area contributed by atoms with Crippen LogP contribution in [0.15, 0.2) is 45.1 Å². The fourth-order valence-corrected chi connectivity index (χ4v) is 4.82. The lowest BCUT2D eigenvalue weighted by Crippen LogP contribution is -2.39. The summed E-state index contributed by atoms with van der Waals surface area (Å²) in [5.41, 5.74) is 0.934. The average Bonchev–Trinajstić information content (AvgIpc) is 3.18. The van der Waals surface area contributed by atoms with Crippen LogP contribution in [-0.2, 0) is 13.6 Å². The van der Waals surface area contributed by atoms with E-state index in [1.165, 1.54) is 23.4 Å². The van der Waals surface area contributed by atoms with Gasteiger partial charge in [0.1, 0.15) is 16.2 Å². The lowest BCUT2D eigenvalue weighted by Gasteiger charge is -2.16. The average molecular weight is 452 g/mol. The molecule has 0 saturated heterocycles. The Morgan fingerprint density at radius 3 is 2.59 bits per heavy atom. The number of para-hydroxylation sites is 1. The van der Waals surface area contributed by atoms with Crippen LogP contribution >= 0.6 is 11.8 Å². The second-order valence-corrected chi connectivity index (χ2v) is 9.63. The van der Waals surface area contributed by atoms with Crippen LogP contribution in [0.5, 0.6) is 0 Å². The number of Topliss-reactive ketones (excluding diaryl/α,β-unsaturated/α-hetero) is 1. The summed E-state index contributed by atoms with van der Waals surface area (Å²) in [7, 11) is 1.45. The lowest BCUT2D eigenvalue weighted by atomic mass is 10.1. The molecule has 0 aliphatic carbocycles. The Balaban J connectivity index is 1.82. The molecule has 0 aliphatic rings. The van der Waals surface area contributed by atoms with Crippen LogP contribution in [0.1, 0.15) is 37.0 Å². The van der Waals surface area contributed by atoms with Gasteiger partial charge in [-0.3, -0.25) is 18.7 Å². The van der Waals surface area contributed by atoms with Crippen LogP contribution in [0.2, 0.25) is 0 Å². The Labute approximate surface area is 188 Å². The number of hydrogen-bond donors (Lipinski definition) is 1. The third kappa shape index (κ3) is 3.77. The number of carbonyl (C=O) groups is 1. The van der Waals surface area contributed by atoms with Gasteiger partial charge < -0.3 is 4.98 Å². The molecule has 0 amide bonds. The summed E-state index contributed by atoms with van der Waals surface area (Å²) in [6.07, 6.45) is 1.72. The zero-order chi connectivity index (χ0) is 23.2. The maximum Gasteiger partial charge on any atom is 0.332 e. The number of H-pyrrole nitrogens is 1. The molecule has 0 fully saturated rings. The molecule has 0 saturated carbocycles. The van der Waals surface area contributed by atoms with Gasteiger partial charge in [-0.05, 0) is 25.8 Å². The molecule has 1 N–H and O–H groups in total. The van der Waals surface area contributed by atoms with Crippen molar-refractivity contribution in [2.24, 2.45) is 13.0 Å². The molecule has 3 heterocycles. The molecule has 0 aliphatic heterocycles. The predicted molar refractivity (Wildman–Crippen MR) is 127 cm³/mol. The molecule has 0 bridgehead atoms. The minimum absolute atomic E-state index is 0.0656. The van der Waals surface area contributed by atoms with Gasteiger partial charge in [-0.2, -0.15) is 0 Å². The van der Waals surface area contributed by atoms with E-state index in [1.54, 1.807) is 20.0 Å². The molecule has 1 aromatic carbocycles. The van der Waals surface area contributed by atoms with E-state index < -0.39 is 16.5 Å². The molecular formula is C23H25N5O3S. The molecule has 0 radical (unpaired) electrons. The molecule has 1 atom stereocenters. The summed E-state index contributed by atoms with van der Waals surface area (Å²) in [6.45, 7) is 7.93. The van der Waals surface area contributed by atoms with Gasteiger partial charge in [0.15, 0.2) is 11.4 Å². The Morgan fingerprint density at radius 2 is 1.88 bits per heavy atom. The first-order valence-electron chi connectivity index (χ1n) is 10.4. The van der Waals surface area contributed by atoms with Gasteiger partial charge in [0.2, 0.25) is 0 Å². The molecule has 4 aromatic rings. The minimum atomic E-state index is -0.498. The number of thioether (sulfide) groups is 1. The summed E-state index contributed by atoms with van der Waals surface area (Å²) in [5, 5.41) is 1.03. The third-order valence-corrected chi connectivity index (χ3v) is 6.41. The Hall–Kier alpha value is -3.20. The van der Waals surface area contributed by atoms with E-state index in [0.717, 1.165) is 15.5 Å². The zero-order valence-electron chi connectivity index (χ0n) is 18.7. The van der Waals surface area contributed by atoms with E-state index in [2.05, 4.69) is 15.0 Å². The summed E-state index contributed by atoms with van der Waals surface area (Å²) >= 11 is 1.22. The summed E-state index contributed by atoms with van der Waals surface area (Å²) < 4.78 is 2.60. The third-order valence-electron chi connectivity index (χ3n) is 5.32. The Bertz CT molecular complexity index is 1460. The molecule has 0 spiro atoms. The monoisotopic (exact) mass is 451 g/mol. The highest BCUT2D eigenvalue weighted by Gasteiger charge is 2.24. The van der Waals surface area contributed by atoms with Crippen molar-refractivity contribution < 1.29 is 4.79 Å². The second-order valence-electron chi connectivity index (χ2n) is 8.30. The number of nitrogens with zero attached hydrogens (tertiary/aromatic N) is 4. The van der Waals surface area contributed by atoms with Gasteiger partial charge in [-0.25, -0.2) is 14.8 Å². The number of aromatic amines is 1. The number of benzene rings is 1. The molecule has 9 heteroatoms. The highest BCUT2D eigenvalue weighted by molar-refractivity contribution is 8.00. The van der Waals surface area contributed by atoms with Crippen molar-refractivity contribution in [1.29, 1.82) is 0 Å². The molecule has 4 rings (SSSR count). The van der Waals surface area contributed by atoms with Crippen molar-refractivity contribution in [1.82, 2.24) is 24.1 Å². The highest BCUT2D eigenvalue weighted by Crippen LogP contribution is 2.30. The van der Waals surface area contributed by atoms with Crippen molar-refractivity contribution in [2.45, 2.75) is 44.5 Å². The number of fused-ring (bicyclic) bond motifs is 2. The fraction of sp³-hybridized carbons (Fsp3) is 0.348. The summed E-state index contributed by atoms with van der Waals surface area (Å²) in [6, 6.07) is 7.63. The van der Waals surface area contributed by atoms with Gasteiger partial charge in [-0.1, -0.05) is 43.8 Å². The number of aryl methyl sites for hydroxylation is 1. The first-order valence-corrected chi connectivity index (χ1v) is 11.3. The number of rotatable bonds is 6.